The van der Waals surface area contributed by atoms with Crippen LogP contribution < -0.4 is 10.2 Å². The molecule has 1 saturated heterocycles. The number of hydrogen-bond donors (Lipinski definition) is 2. The number of halogens is 1. The van der Waals surface area contributed by atoms with E-state index in [1.165, 1.54) is 0 Å². The zero-order chi connectivity index (χ0) is 21.4. The normalized spacial score (nSPS) is 17.9. The van der Waals surface area contributed by atoms with Gasteiger partial charge in [-0.3, -0.25) is 13.8 Å². The molecule has 2 N–H and O–H groups in total. The van der Waals surface area contributed by atoms with Crippen molar-refractivity contribution in [3.05, 3.63) is 58.4 Å². The first-order valence-corrected chi connectivity index (χ1v) is 11.4. The largest absolute Gasteiger partial charge is 0.342 e. The number of amides is 2. The minimum Gasteiger partial charge on any atom is -0.342 e. The van der Waals surface area contributed by atoms with Gasteiger partial charge < -0.3 is 15.2 Å². The Balaban J connectivity index is 1.49. The lowest BCUT2D eigenvalue weighted by molar-refractivity contribution is -0.116. The van der Waals surface area contributed by atoms with Gasteiger partial charge in [-0.2, -0.15) is 0 Å². The van der Waals surface area contributed by atoms with Crippen LogP contribution in [0.15, 0.2) is 36.4 Å². The summed E-state index contributed by atoms with van der Waals surface area (Å²) < 4.78 is 11.6. The van der Waals surface area contributed by atoms with Gasteiger partial charge in [-0.15, -0.1) is 0 Å². The first kappa shape index (κ1) is 20.6. The number of aromatic amines is 1. The van der Waals surface area contributed by atoms with Crippen LogP contribution in [0.3, 0.4) is 0 Å². The smallest absolute Gasteiger partial charge is 0.251 e. The maximum absolute atomic E-state index is 12.8. The zero-order valence-electron chi connectivity index (χ0n) is 16.6. The molecule has 0 aliphatic carbocycles. The molecule has 3 aromatic rings. The van der Waals surface area contributed by atoms with Gasteiger partial charge in [-0.25, -0.2) is 4.98 Å². The molecule has 9 heteroatoms. The van der Waals surface area contributed by atoms with Crippen molar-refractivity contribution >= 4 is 50.9 Å². The van der Waals surface area contributed by atoms with Crippen molar-refractivity contribution < 1.29 is 13.8 Å². The van der Waals surface area contributed by atoms with Crippen molar-refractivity contribution in [1.82, 2.24) is 15.3 Å². The number of carbonyl (C=O) groups excluding carboxylic acids is 2. The van der Waals surface area contributed by atoms with E-state index in [-0.39, 0.29) is 23.6 Å². The maximum Gasteiger partial charge on any atom is 0.251 e. The Morgan fingerprint density at radius 3 is 2.83 bits per heavy atom. The van der Waals surface area contributed by atoms with Gasteiger partial charge in [-0.05, 0) is 55.8 Å². The second-order valence-electron chi connectivity index (χ2n) is 7.31. The molecule has 0 radical (unpaired) electrons. The van der Waals surface area contributed by atoms with Crippen LogP contribution in [0.5, 0.6) is 0 Å². The van der Waals surface area contributed by atoms with E-state index in [0.717, 1.165) is 22.3 Å². The lowest BCUT2D eigenvalue weighted by Crippen LogP contribution is -2.43. The van der Waals surface area contributed by atoms with Gasteiger partial charge in [0.05, 0.1) is 17.1 Å². The summed E-state index contributed by atoms with van der Waals surface area (Å²) in [7, 11) is -1.09. The Morgan fingerprint density at radius 2 is 2.10 bits per heavy atom. The number of aryl methyl sites for hydroxylation is 1. The number of hydrogen-bond acceptors (Lipinski definition) is 4. The van der Waals surface area contributed by atoms with Crippen LogP contribution in [0.1, 0.15) is 34.7 Å². The molecule has 2 heterocycles. The summed E-state index contributed by atoms with van der Waals surface area (Å²) in [5, 5.41) is 3.56. The average Bonchev–Trinajstić information content (AvgIpc) is 3.12. The van der Waals surface area contributed by atoms with Gasteiger partial charge in [0.25, 0.3) is 5.91 Å². The first-order chi connectivity index (χ1) is 14.3. The molecule has 7 nitrogen and oxygen atoms in total. The van der Waals surface area contributed by atoms with Gasteiger partial charge >= 0.3 is 0 Å². The monoisotopic (exact) mass is 444 g/mol. The number of nitrogens with zero attached hydrogens (tertiary/aromatic N) is 2. The Bertz CT molecular complexity index is 1180. The predicted octanol–water partition coefficient (Wildman–Crippen LogP) is 3.11. The minimum atomic E-state index is -1.09. The number of imidazole rings is 1. The predicted molar refractivity (Wildman–Crippen MR) is 118 cm³/mol. The fourth-order valence-corrected chi connectivity index (χ4v) is 4.65. The molecule has 1 aliphatic rings. The van der Waals surface area contributed by atoms with Crippen molar-refractivity contribution in [2.24, 2.45) is 0 Å². The number of benzene rings is 2. The second-order valence-corrected chi connectivity index (χ2v) is 9.33. The molecule has 2 aromatic carbocycles. The highest BCUT2D eigenvalue weighted by molar-refractivity contribution is 7.85. The molecule has 0 bridgehead atoms. The van der Waals surface area contributed by atoms with E-state index in [2.05, 4.69) is 15.3 Å². The van der Waals surface area contributed by atoms with E-state index in [1.807, 2.05) is 19.9 Å². The molecule has 1 aliphatic heterocycles. The molecule has 2 atom stereocenters. The summed E-state index contributed by atoms with van der Waals surface area (Å²) in [5.74, 6) is 0.760. The van der Waals surface area contributed by atoms with Crippen LogP contribution in [0.2, 0.25) is 5.02 Å². The fourth-order valence-electron chi connectivity index (χ4n) is 3.51. The Hall–Kier alpha value is -2.71. The van der Waals surface area contributed by atoms with Crippen molar-refractivity contribution in [2.75, 3.05) is 23.0 Å². The van der Waals surface area contributed by atoms with E-state index in [0.29, 0.717) is 28.7 Å². The number of anilines is 1. The van der Waals surface area contributed by atoms with Crippen molar-refractivity contribution in [1.29, 1.82) is 0 Å². The van der Waals surface area contributed by atoms with Gasteiger partial charge in [-0.1, -0.05) is 11.6 Å². The Labute approximate surface area is 181 Å². The molecule has 4 rings (SSSR count). The van der Waals surface area contributed by atoms with Crippen molar-refractivity contribution in [2.45, 2.75) is 19.9 Å². The number of H-pyrrole nitrogens is 1. The summed E-state index contributed by atoms with van der Waals surface area (Å²) in [6.07, 6.45) is 0. The van der Waals surface area contributed by atoms with Gasteiger partial charge in [0, 0.05) is 39.4 Å². The average molecular weight is 445 g/mol. The standard InChI is InChI=1S/C21H21ClN4O3S/c1-12-9-14(3-6-18(12)26-7-8-30(29)11-19(26)27)21(28)23-13(2)20-24-16-5-4-15(22)10-17(16)25-20/h3-6,9-10,13H,7-8,11H2,1-2H3,(H,23,28)(H,24,25). The van der Waals surface area contributed by atoms with E-state index in [4.69, 9.17) is 11.6 Å². The summed E-state index contributed by atoms with van der Waals surface area (Å²) in [4.78, 5) is 34.3. The van der Waals surface area contributed by atoms with E-state index in [1.54, 1.807) is 35.2 Å². The summed E-state index contributed by atoms with van der Waals surface area (Å²) >= 11 is 6.01. The molecule has 0 saturated carbocycles. The number of fused-ring (bicyclic) bond motifs is 1. The van der Waals surface area contributed by atoms with Gasteiger partial charge in [0.2, 0.25) is 5.91 Å². The summed E-state index contributed by atoms with van der Waals surface area (Å²) in [6, 6.07) is 10.3. The highest BCUT2D eigenvalue weighted by Crippen LogP contribution is 2.24. The maximum atomic E-state index is 12.8. The molecule has 156 valence electrons. The topological polar surface area (TPSA) is 95.2 Å². The van der Waals surface area contributed by atoms with Crippen LogP contribution in [-0.2, 0) is 15.6 Å². The van der Waals surface area contributed by atoms with Gasteiger partial charge in [0.1, 0.15) is 11.6 Å². The molecular formula is C21H21ClN4O3S. The zero-order valence-corrected chi connectivity index (χ0v) is 18.1. The number of rotatable bonds is 4. The quantitative estimate of drug-likeness (QED) is 0.646. The van der Waals surface area contributed by atoms with E-state index in [9.17, 15) is 13.8 Å². The molecule has 1 fully saturated rings. The third-order valence-corrected chi connectivity index (χ3v) is 6.54. The molecule has 30 heavy (non-hydrogen) atoms. The molecular weight excluding hydrogens is 424 g/mol. The third-order valence-electron chi connectivity index (χ3n) is 5.10. The van der Waals surface area contributed by atoms with Crippen LogP contribution in [0.4, 0.5) is 5.69 Å². The highest BCUT2D eigenvalue weighted by Gasteiger charge is 2.25. The first-order valence-electron chi connectivity index (χ1n) is 9.54. The lowest BCUT2D eigenvalue weighted by Gasteiger charge is -2.28. The molecule has 2 unspecified atom stereocenters. The van der Waals surface area contributed by atoms with Crippen LogP contribution in [-0.4, -0.2) is 44.0 Å². The lowest BCUT2D eigenvalue weighted by atomic mass is 10.1. The number of nitrogens with one attached hydrogen (secondary N) is 2. The van der Waals surface area contributed by atoms with Crippen LogP contribution in [0, 0.1) is 6.92 Å². The molecule has 1 aromatic heterocycles. The SMILES string of the molecule is Cc1cc(C(=O)NC(C)c2nc3ccc(Cl)cc3[nH]2)ccc1N1CCS(=O)CC1=O. The van der Waals surface area contributed by atoms with Crippen molar-refractivity contribution in [3.8, 4) is 0 Å². The third kappa shape index (κ3) is 4.11. The van der Waals surface area contributed by atoms with E-state index >= 15 is 0 Å². The Morgan fingerprint density at radius 1 is 1.30 bits per heavy atom. The number of aromatic nitrogens is 2. The fraction of sp³-hybridized carbons (Fsp3) is 0.286. The van der Waals surface area contributed by atoms with Crippen LogP contribution in [0.25, 0.3) is 11.0 Å². The van der Waals surface area contributed by atoms with Crippen molar-refractivity contribution in [3.63, 3.8) is 0 Å². The summed E-state index contributed by atoms with van der Waals surface area (Å²) in [5.41, 5.74) is 3.65. The van der Waals surface area contributed by atoms with Crippen LogP contribution >= 0.6 is 11.6 Å². The Kier molecular flexibility index (Phi) is 5.62. The second kappa shape index (κ2) is 8.20. The highest BCUT2D eigenvalue weighted by atomic mass is 35.5. The summed E-state index contributed by atoms with van der Waals surface area (Å²) in [6.45, 7) is 4.13. The number of carbonyl (C=O) groups is 2. The minimum absolute atomic E-state index is 0.0436. The molecule has 2 amide bonds. The van der Waals surface area contributed by atoms with Gasteiger partial charge in [0.15, 0.2) is 0 Å². The van der Waals surface area contributed by atoms with E-state index < -0.39 is 10.8 Å². The molecule has 0 spiro atoms.